The van der Waals surface area contributed by atoms with Gasteiger partial charge in [0.1, 0.15) is 5.15 Å². The normalized spacial score (nSPS) is 11.4. The molecule has 0 aliphatic rings. The van der Waals surface area contributed by atoms with Crippen LogP contribution in [0.15, 0.2) is 23.1 Å². The Morgan fingerprint density at radius 3 is 2.78 bits per heavy atom. The van der Waals surface area contributed by atoms with Crippen LogP contribution in [0.3, 0.4) is 0 Å². The molecule has 2 heterocycles. The van der Waals surface area contributed by atoms with Crippen LogP contribution >= 0.6 is 11.6 Å². The van der Waals surface area contributed by atoms with Crippen molar-refractivity contribution in [2.24, 2.45) is 0 Å². The van der Waals surface area contributed by atoms with Crippen LogP contribution in [0.2, 0.25) is 5.15 Å². The van der Waals surface area contributed by atoms with Crippen molar-refractivity contribution in [3.05, 3.63) is 39.4 Å². The van der Waals surface area contributed by atoms with E-state index in [0.717, 1.165) is 10.9 Å². The quantitative estimate of drug-likeness (QED) is 0.867. The van der Waals surface area contributed by atoms with E-state index in [1.165, 1.54) is 0 Å². The predicted molar refractivity (Wildman–Crippen MR) is 72.2 cm³/mol. The maximum Gasteiger partial charge on any atom is 0.254 e. The lowest BCUT2D eigenvalue weighted by molar-refractivity contribution is 0.276. The smallest absolute Gasteiger partial charge is 0.254 e. The van der Waals surface area contributed by atoms with Gasteiger partial charge in [0.2, 0.25) is 0 Å². The van der Waals surface area contributed by atoms with E-state index < -0.39 is 0 Å². The third kappa shape index (κ3) is 2.26. The number of fused-ring (bicyclic) bond motifs is 1. The molecule has 0 unspecified atom stereocenters. The number of aromatic nitrogens is 2. The number of pyridine rings is 2. The minimum absolute atomic E-state index is 0.0752. The molecule has 0 amide bonds. The highest BCUT2D eigenvalue weighted by Gasteiger charge is 2.12. The van der Waals surface area contributed by atoms with Gasteiger partial charge in [-0.15, -0.1) is 0 Å². The lowest BCUT2D eigenvalue weighted by atomic mass is 10.0. The Labute approximate surface area is 110 Å². The molecular weight excluding hydrogens is 252 g/mol. The molecule has 5 heteroatoms. The fourth-order valence-electron chi connectivity index (χ4n) is 2.01. The zero-order valence-electron chi connectivity index (χ0n) is 10.4. The molecule has 0 aliphatic heterocycles. The summed E-state index contributed by atoms with van der Waals surface area (Å²) in [6.45, 7) is 4.11. The second-order valence-corrected chi connectivity index (χ2v) is 4.89. The van der Waals surface area contributed by atoms with Crippen molar-refractivity contribution in [3.8, 4) is 0 Å². The summed E-state index contributed by atoms with van der Waals surface area (Å²) in [6.07, 6.45) is 1.65. The highest BCUT2D eigenvalue weighted by molar-refractivity contribution is 6.30. The van der Waals surface area contributed by atoms with E-state index >= 15 is 0 Å². The average molecular weight is 267 g/mol. The van der Waals surface area contributed by atoms with Crippen LogP contribution in [0.4, 0.5) is 0 Å². The summed E-state index contributed by atoms with van der Waals surface area (Å²) < 4.78 is 1.55. The Morgan fingerprint density at radius 1 is 1.44 bits per heavy atom. The van der Waals surface area contributed by atoms with Crippen molar-refractivity contribution in [1.82, 2.24) is 9.55 Å². The fraction of sp³-hybridized carbons (Fsp3) is 0.385. The minimum Gasteiger partial charge on any atom is -0.395 e. The standard InChI is InChI=1S/C13H15ClN2O2/c1-8(2)10-5-9-7-15-12(14)6-11(9)16(3-4-17)13(10)18/h5-8,17H,3-4H2,1-2H3. The highest BCUT2D eigenvalue weighted by Crippen LogP contribution is 2.19. The number of nitrogens with zero attached hydrogens (tertiary/aromatic N) is 2. The van der Waals surface area contributed by atoms with E-state index in [2.05, 4.69) is 4.98 Å². The first-order valence-electron chi connectivity index (χ1n) is 5.84. The van der Waals surface area contributed by atoms with Crippen LogP contribution in [-0.4, -0.2) is 21.3 Å². The van der Waals surface area contributed by atoms with Crippen molar-refractivity contribution in [1.29, 1.82) is 0 Å². The average Bonchev–Trinajstić information content (AvgIpc) is 2.32. The zero-order valence-corrected chi connectivity index (χ0v) is 11.1. The summed E-state index contributed by atoms with van der Waals surface area (Å²) >= 11 is 5.86. The Hall–Kier alpha value is -1.39. The Kier molecular flexibility index (Phi) is 3.68. The first-order chi connectivity index (χ1) is 8.54. The van der Waals surface area contributed by atoms with E-state index in [0.29, 0.717) is 10.7 Å². The van der Waals surface area contributed by atoms with Gasteiger partial charge in [-0.2, -0.15) is 0 Å². The maximum atomic E-state index is 12.3. The molecule has 0 radical (unpaired) electrons. The highest BCUT2D eigenvalue weighted by atomic mass is 35.5. The second-order valence-electron chi connectivity index (χ2n) is 4.50. The monoisotopic (exact) mass is 266 g/mol. The summed E-state index contributed by atoms with van der Waals surface area (Å²) in [5, 5.41) is 10.3. The van der Waals surface area contributed by atoms with Crippen LogP contribution in [0.1, 0.15) is 25.3 Å². The van der Waals surface area contributed by atoms with Gasteiger partial charge in [-0.05, 0) is 18.1 Å². The molecule has 0 aromatic carbocycles. The molecule has 0 fully saturated rings. The molecule has 0 bridgehead atoms. The third-order valence-corrected chi connectivity index (χ3v) is 3.12. The lowest BCUT2D eigenvalue weighted by Gasteiger charge is -2.13. The van der Waals surface area contributed by atoms with Crippen LogP contribution in [0, 0.1) is 0 Å². The summed E-state index contributed by atoms with van der Waals surface area (Å²) in [6, 6.07) is 3.50. The van der Waals surface area contributed by atoms with Crippen molar-refractivity contribution in [2.45, 2.75) is 26.3 Å². The molecule has 4 nitrogen and oxygen atoms in total. The molecule has 0 saturated heterocycles. The van der Waals surface area contributed by atoms with Crippen LogP contribution in [0.25, 0.3) is 10.9 Å². The van der Waals surface area contributed by atoms with Crippen molar-refractivity contribution >= 4 is 22.5 Å². The van der Waals surface area contributed by atoms with Crippen LogP contribution in [-0.2, 0) is 6.54 Å². The first-order valence-corrected chi connectivity index (χ1v) is 6.22. The summed E-state index contributed by atoms with van der Waals surface area (Å²) in [4.78, 5) is 16.3. The van der Waals surface area contributed by atoms with E-state index in [4.69, 9.17) is 16.7 Å². The topological polar surface area (TPSA) is 55.1 Å². The van der Waals surface area contributed by atoms with Gasteiger partial charge in [0.05, 0.1) is 12.1 Å². The molecule has 96 valence electrons. The van der Waals surface area contributed by atoms with Gasteiger partial charge < -0.3 is 9.67 Å². The summed E-state index contributed by atoms with van der Waals surface area (Å²) in [5.41, 5.74) is 1.35. The number of rotatable bonds is 3. The molecule has 18 heavy (non-hydrogen) atoms. The van der Waals surface area contributed by atoms with E-state index in [9.17, 15) is 4.79 Å². The van der Waals surface area contributed by atoms with Crippen molar-refractivity contribution in [2.75, 3.05) is 6.61 Å². The summed E-state index contributed by atoms with van der Waals surface area (Å²) in [7, 11) is 0. The second kappa shape index (κ2) is 5.08. The first kappa shape index (κ1) is 13.1. The summed E-state index contributed by atoms with van der Waals surface area (Å²) in [5.74, 6) is 0.127. The molecule has 0 spiro atoms. The molecule has 2 rings (SSSR count). The maximum absolute atomic E-state index is 12.3. The van der Waals surface area contributed by atoms with Crippen molar-refractivity contribution in [3.63, 3.8) is 0 Å². The number of aliphatic hydroxyl groups is 1. The largest absolute Gasteiger partial charge is 0.395 e. The van der Waals surface area contributed by atoms with Crippen LogP contribution < -0.4 is 5.56 Å². The number of hydrogen-bond donors (Lipinski definition) is 1. The molecular formula is C13H15ClN2O2. The zero-order chi connectivity index (χ0) is 13.3. The van der Waals surface area contributed by atoms with Gasteiger partial charge in [0.15, 0.2) is 0 Å². The van der Waals surface area contributed by atoms with Crippen molar-refractivity contribution < 1.29 is 5.11 Å². The van der Waals surface area contributed by atoms with Crippen LogP contribution in [0.5, 0.6) is 0 Å². The van der Waals surface area contributed by atoms with E-state index in [-0.39, 0.29) is 24.6 Å². The van der Waals surface area contributed by atoms with Gasteiger partial charge >= 0.3 is 0 Å². The Balaban J connectivity index is 2.83. The number of halogens is 1. The van der Waals surface area contributed by atoms with Gasteiger partial charge in [-0.3, -0.25) is 4.79 Å². The predicted octanol–water partition coefficient (Wildman–Crippen LogP) is 2.17. The Morgan fingerprint density at radius 2 is 2.17 bits per heavy atom. The SMILES string of the molecule is CC(C)c1cc2cnc(Cl)cc2n(CCO)c1=O. The van der Waals surface area contributed by atoms with E-state index in [1.807, 2.05) is 19.9 Å². The third-order valence-electron chi connectivity index (χ3n) is 2.92. The molecule has 0 atom stereocenters. The number of hydrogen-bond acceptors (Lipinski definition) is 3. The molecule has 2 aromatic heterocycles. The fourth-order valence-corrected chi connectivity index (χ4v) is 2.16. The number of aliphatic hydroxyl groups excluding tert-OH is 1. The van der Waals surface area contributed by atoms with E-state index in [1.54, 1.807) is 16.8 Å². The van der Waals surface area contributed by atoms with Gasteiger partial charge in [-0.1, -0.05) is 25.4 Å². The minimum atomic E-state index is -0.0868. The molecule has 0 aliphatic carbocycles. The lowest BCUT2D eigenvalue weighted by Crippen LogP contribution is -2.26. The van der Waals surface area contributed by atoms with Gasteiger partial charge in [-0.25, -0.2) is 4.98 Å². The van der Waals surface area contributed by atoms with Gasteiger partial charge in [0.25, 0.3) is 5.56 Å². The Bertz CT molecular complexity index is 635. The van der Waals surface area contributed by atoms with Gasteiger partial charge in [0, 0.05) is 23.7 Å². The molecule has 2 aromatic rings. The molecule has 0 saturated carbocycles. The molecule has 1 N–H and O–H groups in total.